The highest BCUT2D eigenvalue weighted by Gasteiger charge is 2.17. The molecule has 2 aromatic rings. The van der Waals surface area contributed by atoms with E-state index in [1.54, 1.807) is 6.07 Å². The Balaban J connectivity index is 2.94. The predicted molar refractivity (Wildman–Crippen MR) is 70.3 cm³/mol. The number of benzene rings is 1. The first-order valence-electron chi connectivity index (χ1n) is 5.71. The highest BCUT2D eigenvalue weighted by atomic mass is 16.4. The van der Waals surface area contributed by atoms with Crippen LogP contribution in [0.2, 0.25) is 0 Å². The fourth-order valence-corrected chi connectivity index (χ4v) is 2.23. The Kier molecular flexibility index (Phi) is 2.84. The van der Waals surface area contributed by atoms with Gasteiger partial charge >= 0.3 is 5.97 Å². The predicted octanol–water partition coefficient (Wildman–Crippen LogP) is 3.78. The van der Waals surface area contributed by atoms with Crippen molar-refractivity contribution in [3.8, 4) is 0 Å². The summed E-state index contributed by atoms with van der Waals surface area (Å²) in [5.41, 5.74) is 2.30. The van der Waals surface area contributed by atoms with E-state index in [4.69, 9.17) is 6.57 Å². The Morgan fingerprint density at radius 3 is 2.61 bits per heavy atom. The molecule has 4 heteroatoms. The minimum atomic E-state index is -0.991. The van der Waals surface area contributed by atoms with Gasteiger partial charge in [0.15, 0.2) is 5.69 Å². The molecule has 0 saturated heterocycles. The van der Waals surface area contributed by atoms with Gasteiger partial charge in [0.25, 0.3) is 0 Å². The lowest BCUT2D eigenvalue weighted by molar-refractivity contribution is 0.0699. The Hall–Kier alpha value is -2.28. The second-order valence-electron chi connectivity index (χ2n) is 4.62. The number of hydrogen-bond acceptors (Lipinski definition) is 1. The monoisotopic (exact) mass is 242 g/mol. The Morgan fingerprint density at radius 1 is 1.44 bits per heavy atom. The molecule has 0 fully saturated rings. The van der Waals surface area contributed by atoms with Gasteiger partial charge in [-0.25, -0.2) is 9.64 Å². The lowest BCUT2D eigenvalue weighted by atomic mass is 10.1. The van der Waals surface area contributed by atoms with Crippen LogP contribution in [0.4, 0.5) is 5.69 Å². The first-order valence-corrected chi connectivity index (χ1v) is 5.71. The number of aryl methyl sites for hydroxylation is 1. The molecule has 1 aromatic carbocycles. The van der Waals surface area contributed by atoms with Gasteiger partial charge in [-0.2, -0.15) is 0 Å². The van der Waals surface area contributed by atoms with Gasteiger partial charge in [0, 0.05) is 23.1 Å². The minimum absolute atomic E-state index is 0.204. The van der Waals surface area contributed by atoms with Crippen molar-refractivity contribution < 1.29 is 9.90 Å². The van der Waals surface area contributed by atoms with Gasteiger partial charge in [0.2, 0.25) is 0 Å². The molecule has 1 N–H and O–H groups in total. The number of nitrogens with zero attached hydrogens (tertiary/aromatic N) is 2. The summed E-state index contributed by atoms with van der Waals surface area (Å²) >= 11 is 0. The van der Waals surface area contributed by atoms with E-state index in [0.29, 0.717) is 5.69 Å². The molecule has 0 atom stereocenters. The second kappa shape index (κ2) is 4.19. The van der Waals surface area contributed by atoms with Gasteiger partial charge in [-0.15, -0.1) is 0 Å². The zero-order chi connectivity index (χ0) is 13.4. The third kappa shape index (κ3) is 1.74. The Labute approximate surface area is 105 Å². The average molecular weight is 242 g/mol. The summed E-state index contributed by atoms with van der Waals surface area (Å²) in [6.07, 6.45) is 1.94. The van der Waals surface area contributed by atoms with Crippen LogP contribution in [-0.2, 0) is 0 Å². The van der Waals surface area contributed by atoms with Crippen LogP contribution in [0.1, 0.15) is 35.8 Å². The number of fused-ring (bicyclic) bond motifs is 1. The molecule has 1 aromatic heterocycles. The maximum atomic E-state index is 11.3. The number of rotatable bonds is 2. The van der Waals surface area contributed by atoms with Crippen molar-refractivity contribution in [1.82, 2.24) is 4.57 Å². The van der Waals surface area contributed by atoms with Crippen molar-refractivity contribution in [3.05, 3.63) is 40.9 Å². The summed E-state index contributed by atoms with van der Waals surface area (Å²) in [4.78, 5) is 14.6. The van der Waals surface area contributed by atoms with E-state index in [1.165, 1.54) is 6.07 Å². The largest absolute Gasteiger partial charge is 0.478 e. The molecule has 92 valence electrons. The van der Waals surface area contributed by atoms with Crippen molar-refractivity contribution in [3.63, 3.8) is 0 Å². The zero-order valence-electron chi connectivity index (χ0n) is 10.6. The topological polar surface area (TPSA) is 46.6 Å². The van der Waals surface area contributed by atoms with Crippen molar-refractivity contribution in [2.75, 3.05) is 0 Å². The fraction of sp³-hybridized carbons (Fsp3) is 0.286. The third-order valence-electron chi connectivity index (χ3n) is 3.02. The highest BCUT2D eigenvalue weighted by molar-refractivity contribution is 6.06. The summed E-state index contributed by atoms with van der Waals surface area (Å²) in [6, 6.07) is 3.42. The summed E-state index contributed by atoms with van der Waals surface area (Å²) < 4.78 is 2.01. The molecule has 4 nitrogen and oxygen atoms in total. The van der Waals surface area contributed by atoms with E-state index in [-0.39, 0.29) is 11.6 Å². The van der Waals surface area contributed by atoms with E-state index < -0.39 is 5.97 Å². The number of aromatic carboxylic acids is 1. The minimum Gasteiger partial charge on any atom is -0.478 e. The first kappa shape index (κ1) is 12.2. The molecule has 1 heterocycles. The number of hydrogen-bond donors (Lipinski definition) is 1. The van der Waals surface area contributed by atoms with Crippen LogP contribution in [-0.4, -0.2) is 15.6 Å². The molecule has 2 rings (SSSR count). The zero-order valence-corrected chi connectivity index (χ0v) is 10.6. The lowest BCUT2D eigenvalue weighted by Crippen LogP contribution is -2.00. The van der Waals surface area contributed by atoms with Crippen molar-refractivity contribution in [2.45, 2.75) is 26.8 Å². The number of carbonyl (C=O) groups is 1. The SMILES string of the molecule is [C-]#[N+]c1cc(C(=O)O)c2c(C)cn(C(C)C)c2c1. The molecular formula is C14H14N2O2. The van der Waals surface area contributed by atoms with Gasteiger partial charge in [-0.3, -0.25) is 0 Å². The molecule has 0 aliphatic carbocycles. The van der Waals surface area contributed by atoms with Gasteiger partial charge in [0.05, 0.1) is 12.1 Å². The van der Waals surface area contributed by atoms with E-state index in [0.717, 1.165) is 16.5 Å². The second-order valence-corrected chi connectivity index (χ2v) is 4.62. The Bertz CT molecular complexity index is 675. The molecular weight excluding hydrogens is 228 g/mol. The van der Waals surface area contributed by atoms with E-state index >= 15 is 0 Å². The number of carboxylic acid groups (broad SMARTS) is 1. The van der Waals surface area contributed by atoms with E-state index in [2.05, 4.69) is 4.85 Å². The van der Waals surface area contributed by atoms with Crippen molar-refractivity contribution in [2.24, 2.45) is 0 Å². The van der Waals surface area contributed by atoms with Gasteiger partial charge in [0.1, 0.15) is 0 Å². The molecule has 0 amide bonds. The van der Waals surface area contributed by atoms with E-state index in [9.17, 15) is 9.90 Å². The number of aromatic nitrogens is 1. The van der Waals surface area contributed by atoms with Crippen LogP contribution in [0, 0.1) is 13.5 Å². The Morgan fingerprint density at radius 2 is 2.11 bits per heavy atom. The summed E-state index contributed by atoms with van der Waals surface area (Å²) in [7, 11) is 0. The van der Waals surface area contributed by atoms with Crippen LogP contribution in [0.5, 0.6) is 0 Å². The van der Waals surface area contributed by atoms with Crippen LogP contribution in [0.3, 0.4) is 0 Å². The molecule has 0 aliphatic rings. The molecule has 0 unspecified atom stereocenters. The van der Waals surface area contributed by atoms with Gasteiger partial charge < -0.3 is 9.67 Å². The standard InChI is InChI=1S/C14H14N2O2/c1-8(2)16-7-9(3)13-11(14(17)18)5-10(15-4)6-12(13)16/h5-8H,1-3H3,(H,17,18). The third-order valence-corrected chi connectivity index (χ3v) is 3.02. The maximum Gasteiger partial charge on any atom is 0.335 e. The van der Waals surface area contributed by atoms with Gasteiger partial charge in [-0.1, -0.05) is 0 Å². The average Bonchev–Trinajstić information content (AvgIpc) is 2.65. The van der Waals surface area contributed by atoms with Crippen molar-refractivity contribution in [1.29, 1.82) is 0 Å². The first-order chi connectivity index (χ1) is 8.45. The van der Waals surface area contributed by atoms with Crippen LogP contribution < -0.4 is 0 Å². The van der Waals surface area contributed by atoms with Crippen LogP contribution >= 0.6 is 0 Å². The van der Waals surface area contributed by atoms with Crippen LogP contribution in [0.15, 0.2) is 18.3 Å². The summed E-state index contributed by atoms with van der Waals surface area (Å²) in [6.45, 7) is 13.0. The number of carboxylic acids is 1. The molecule has 0 radical (unpaired) electrons. The lowest BCUT2D eigenvalue weighted by Gasteiger charge is -2.10. The summed E-state index contributed by atoms with van der Waals surface area (Å²) in [5, 5.41) is 9.99. The molecule has 0 spiro atoms. The quantitative estimate of drug-likeness (QED) is 0.814. The highest BCUT2D eigenvalue weighted by Crippen LogP contribution is 2.31. The normalized spacial score (nSPS) is 10.8. The smallest absolute Gasteiger partial charge is 0.335 e. The molecule has 0 saturated carbocycles. The summed E-state index contributed by atoms with van der Waals surface area (Å²) in [5.74, 6) is -0.991. The van der Waals surface area contributed by atoms with Crippen molar-refractivity contribution >= 4 is 22.6 Å². The van der Waals surface area contributed by atoms with E-state index in [1.807, 2.05) is 31.5 Å². The molecule has 18 heavy (non-hydrogen) atoms. The van der Waals surface area contributed by atoms with Gasteiger partial charge in [-0.05, 0) is 38.5 Å². The van der Waals surface area contributed by atoms with Crippen LogP contribution in [0.25, 0.3) is 15.7 Å². The molecule has 0 aliphatic heterocycles. The maximum absolute atomic E-state index is 11.3. The fourth-order valence-electron chi connectivity index (χ4n) is 2.23. The molecule has 0 bridgehead atoms.